The van der Waals surface area contributed by atoms with Crippen LogP contribution in [-0.4, -0.2) is 50.6 Å². The number of esters is 2. The van der Waals surface area contributed by atoms with Crippen LogP contribution in [0.3, 0.4) is 0 Å². The van der Waals surface area contributed by atoms with Gasteiger partial charge in [0.05, 0.1) is 28.4 Å². The number of ether oxygens (including phenoxy) is 6. The lowest BCUT2D eigenvalue weighted by molar-refractivity contribution is 0.0455. The number of carbonyl (C=O) groups is 2. The predicted octanol–water partition coefficient (Wildman–Crippen LogP) is 5.51. The molecule has 42 heavy (non-hydrogen) atoms. The molecule has 4 rings (SSSR count). The van der Waals surface area contributed by atoms with Gasteiger partial charge in [0.15, 0.2) is 23.0 Å². The minimum atomic E-state index is -0.888. The van der Waals surface area contributed by atoms with Crippen molar-refractivity contribution in [2.75, 3.05) is 28.4 Å². The first-order chi connectivity index (χ1) is 20.3. The van der Waals surface area contributed by atoms with Crippen molar-refractivity contribution in [3.8, 4) is 45.6 Å². The van der Waals surface area contributed by atoms with E-state index in [1.807, 2.05) is 12.1 Å². The summed E-state index contributed by atoms with van der Waals surface area (Å²) in [4.78, 5) is 26.6. The van der Waals surface area contributed by atoms with Crippen molar-refractivity contribution >= 4 is 11.9 Å². The topological polar surface area (TPSA) is 130 Å². The number of aromatic hydroxyl groups is 2. The molecule has 0 heterocycles. The minimum Gasteiger partial charge on any atom is -0.504 e. The molecule has 0 saturated carbocycles. The van der Waals surface area contributed by atoms with Gasteiger partial charge in [-0.3, -0.25) is 0 Å². The van der Waals surface area contributed by atoms with Gasteiger partial charge in [0.1, 0.15) is 35.8 Å². The third kappa shape index (κ3) is 6.02. The number of methoxy groups -OCH3 is 4. The van der Waals surface area contributed by atoms with Gasteiger partial charge in [-0.05, 0) is 23.3 Å². The van der Waals surface area contributed by atoms with Crippen molar-refractivity contribution in [2.24, 2.45) is 0 Å². The fourth-order valence-corrected chi connectivity index (χ4v) is 4.37. The summed E-state index contributed by atoms with van der Waals surface area (Å²) >= 11 is 0. The highest BCUT2D eigenvalue weighted by Crippen LogP contribution is 2.51. The molecule has 0 amide bonds. The molecule has 0 saturated heterocycles. The van der Waals surface area contributed by atoms with Crippen LogP contribution in [0, 0.1) is 0 Å². The van der Waals surface area contributed by atoms with Crippen LogP contribution in [0.4, 0.5) is 0 Å². The summed E-state index contributed by atoms with van der Waals surface area (Å²) in [6, 6.07) is 20.8. The smallest absolute Gasteiger partial charge is 0.346 e. The van der Waals surface area contributed by atoms with E-state index in [2.05, 4.69) is 0 Å². The Morgan fingerprint density at radius 1 is 0.571 bits per heavy atom. The molecule has 4 aromatic rings. The maximum absolute atomic E-state index is 13.3. The van der Waals surface area contributed by atoms with E-state index in [1.54, 1.807) is 48.5 Å². The van der Waals surface area contributed by atoms with Gasteiger partial charge in [-0.1, -0.05) is 60.7 Å². The summed E-state index contributed by atoms with van der Waals surface area (Å²) in [6.45, 7) is -0.134. The van der Waals surface area contributed by atoms with E-state index >= 15 is 0 Å². The van der Waals surface area contributed by atoms with E-state index in [0.29, 0.717) is 0 Å². The highest BCUT2D eigenvalue weighted by atomic mass is 16.5. The second kappa shape index (κ2) is 13.3. The number of rotatable bonds is 11. The summed E-state index contributed by atoms with van der Waals surface area (Å²) in [5, 5.41) is 21.9. The van der Waals surface area contributed by atoms with Gasteiger partial charge in [0, 0.05) is 11.1 Å². The number of hydrogen-bond donors (Lipinski definition) is 2. The fraction of sp³-hybridized carbons (Fsp3) is 0.188. The highest BCUT2D eigenvalue weighted by molar-refractivity contribution is 6.03. The van der Waals surface area contributed by atoms with Crippen LogP contribution < -0.4 is 18.9 Å². The van der Waals surface area contributed by atoms with Gasteiger partial charge in [-0.15, -0.1) is 0 Å². The molecule has 0 aliphatic rings. The van der Waals surface area contributed by atoms with Crippen LogP contribution >= 0.6 is 0 Å². The number of phenols is 2. The van der Waals surface area contributed by atoms with Crippen LogP contribution in [0.2, 0.25) is 0 Å². The van der Waals surface area contributed by atoms with Gasteiger partial charge < -0.3 is 38.6 Å². The Morgan fingerprint density at radius 3 is 1.24 bits per heavy atom. The molecule has 0 atom stereocenters. The molecule has 10 heteroatoms. The Balaban J connectivity index is 1.85. The SMILES string of the molecule is COc1cc(-c2cc(OC)c(O)c(C(=O)OCc3ccccc3)c2OC)c(OC)c(C(=O)OCc2ccccc2)c1O. The zero-order valence-corrected chi connectivity index (χ0v) is 23.5. The lowest BCUT2D eigenvalue weighted by Crippen LogP contribution is -2.11. The van der Waals surface area contributed by atoms with Crippen molar-refractivity contribution in [3.05, 3.63) is 95.1 Å². The van der Waals surface area contributed by atoms with E-state index < -0.39 is 23.4 Å². The average molecular weight is 575 g/mol. The lowest BCUT2D eigenvalue weighted by atomic mass is 9.95. The van der Waals surface area contributed by atoms with Crippen molar-refractivity contribution in [3.63, 3.8) is 0 Å². The molecule has 0 bridgehead atoms. The first-order valence-electron chi connectivity index (χ1n) is 12.7. The van der Waals surface area contributed by atoms with E-state index in [9.17, 15) is 19.8 Å². The van der Waals surface area contributed by atoms with Gasteiger partial charge in [-0.2, -0.15) is 0 Å². The summed E-state index contributed by atoms with van der Waals surface area (Å²) in [7, 11) is 5.23. The van der Waals surface area contributed by atoms with Crippen LogP contribution in [-0.2, 0) is 22.7 Å². The average Bonchev–Trinajstić information content (AvgIpc) is 3.02. The van der Waals surface area contributed by atoms with Gasteiger partial charge in [-0.25, -0.2) is 9.59 Å². The Kier molecular flexibility index (Phi) is 9.39. The number of benzene rings is 4. The maximum Gasteiger partial charge on any atom is 0.346 e. The van der Waals surface area contributed by atoms with E-state index in [4.69, 9.17) is 28.4 Å². The zero-order valence-electron chi connectivity index (χ0n) is 23.5. The Bertz CT molecular complexity index is 1450. The predicted molar refractivity (Wildman–Crippen MR) is 153 cm³/mol. The van der Waals surface area contributed by atoms with E-state index in [1.165, 1.54) is 40.6 Å². The first-order valence-corrected chi connectivity index (χ1v) is 12.7. The molecule has 10 nitrogen and oxygen atoms in total. The standard InChI is InChI=1S/C32H30O10/c1-37-23-15-21(29(39-3)25(27(23)33)31(35)41-17-19-11-7-5-8-12-19)22-16-24(38-2)28(34)26(30(22)40-4)32(36)42-18-20-13-9-6-10-14-20/h5-16,33-34H,17-18H2,1-4H3. The molecule has 2 N–H and O–H groups in total. The van der Waals surface area contributed by atoms with Gasteiger partial charge in [0.2, 0.25) is 0 Å². The molecular weight excluding hydrogens is 544 g/mol. The number of carbonyl (C=O) groups excluding carboxylic acids is 2. The lowest BCUT2D eigenvalue weighted by Gasteiger charge is -2.21. The molecule has 0 aliphatic heterocycles. The molecule has 0 fully saturated rings. The molecule has 4 aromatic carbocycles. The summed E-state index contributed by atoms with van der Waals surface area (Å²) < 4.78 is 32.9. The molecule has 0 unspecified atom stereocenters. The quantitative estimate of drug-likeness (QED) is 0.221. The summed E-state index contributed by atoms with van der Waals surface area (Å²) in [5.41, 5.74) is 1.18. The van der Waals surface area contributed by atoms with E-state index in [0.717, 1.165) is 11.1 Å². The van der Waals surface area contributed by atoms with Gasteiger partial charge >= 0.3 is 11.9 Å². The van der Waals surface area contributed by atoms with Crippen molar-refractivity contribution in [2.45, 2.75) is 13.2 Å². The second-order valence-electron chi connectivity index (χ2n) is 8.89. The van der Waals surface area contributed by atoms with Crippen molar-refractivity contribution in [1.29, 1.82) is 0 Å². The first kappa shape index (κ1) is 29.6. The summed E-state index contributed by atoms with van der Waals surface area (Å²) in [5.74, 6) is -3.16. The number of phenolic OH excluding ortho intramolecular Hbond substituents is 2. The van der Waals surface area contributed by atoms with E-state index in [-0.39, 0.29) is 58.5 Å². The molecular formula is C32H30O10. The Morgan fingerprint density at radius 2 is 0.929 bits per heavy atom. The summed E-state index contributed by atoms with van der Waals surface area (Å²) in [6.07, 6.45) is 0. The van der Waals surface area contributed by atoms with Crippen LogP contribution in [0.15, 0.2) is 72.8 Å². The zero-order chi connectivity index (χ0) is 30.2. The molecule has 0 radical (unpaired) electrons. The van der Waals surface area contributed by atoms with Crippen LogP contribution in [0.25, 0.3) is 11.1 Å². The third-order valence-electron chi connectivity index (χ3n) is 6.41. The Hall–Kier alpha value is -5.38. The third-order valence-corrected chi connectivity index (χ3v) is 6.41. The monoisotopic (exact) mass is 574 g/mol. The maximum atomic E-state index is 13.3. The fourth-order valence-electron chi connectivity index (χ4n) is 4.37. The van der Waals surface area contributed by atoms with Crippen molar-refractivity contribution in [1.82, 2.24) is 0 Å². The van der Waals surface area contributed by atoms with Crippen LogP contribution in [0.1, 0.15) is 31.8 Å². The highest BCUT2D eigenvalue weighted by Gasteiger charge is 2.32. The normalized spacial score (nSPS) is 10.5. The minimum absolute atomic E-state index is 0.0669. The molecule has 0 aliphatic carbocycles. The molecule has 0 spiro atoms. The largest absolute Gasteiger partial charge is 0.504 e. The Labute approximate surface area is 242 Å². The molecule has 0 aromatic heterocycles. The molecule has 218 valence electrons. The van der Waals surface area contributed by atoms with Gasteiger partial charge in [0.25, 0.3) is 0 Å². The second-order valence-corrected chi connectivity index (χ2v) is 8.89. The van der Waals surface area contributed by atoms with Crippen molar-refractivity contribution < 1.29 is 48.2 Å². The number of hydrogen-bond acceptors (Lipinski definition) is 10. The van der Waals surface area contributed by atoms with Crippen LogP contribution in [0.5, 0.6) is 34.5 Å².